The molecule has 1 heterocycles. The van der Waals surface area contributed by atoms with Gasteiger partial charge in [0.25, 0.3) is 0 Å². The topological polar surface area (TPSA) is 56.7 Å². The largest absolute Gasteiger partial charge is 0.323 e. The Hall–Kier alpha value is -1.17. The monoisotopic (exact) mass is 288 g/mol. The normalized spacial score (nSPS) is 12.8. The van der Waals surface area contributed by atoms with Crippen LogP contribution in [0.15, 0.2) is 12.1 Å². The third-order valence-electron chi connectivity index (χ3n) is 2.57. The number of halogens is 3. The summed E-state index contributed by atoms with van der Waals surface area (Å²) in [6, 6.07) is 2.65. The van der Waals surface area contributed by atoms with Crippen molar-refractivity contribution in [2.75, 3.05) is 0 Å². The van der Waals surface area contributed by atoms with Gasteiger partial charge in [0.15, 0.2) is 5.82 Å². The molecule has 1 unspecified atom stereocenters. The molecule has 96 valence electrons. The van der Waals surface area contributed by atoms with Gasteiger partial charge in [-0.05, 0) is 26.0 Å². The second kappa shape index (κ2) is 4.84. The van der Waals surface area contributed by atoms with Crippen LogP contribution in [-0.4, -0.2) is 15.0 Å². The Kier molecular flexibility index (Phi) is 3.56. The fourth-order valence-corrected chi connectivity index (χ4v) is 2.15. The molecule has 0 bridgehead atoms. The van der Waals surface area contributed by atoms with Crippen molar-refractivity contribution in [3.63, 3.8) is 0 Å². The van der Waals surface area contributed by atoms with Crippen LogP contribution in [0.2, 0.25) is 10.0 Å². The standard InChI is InChI=1S/C11H11Cl2FN4/c1-5(15)11-6(2)18(17-16-11)7-3-8(12)10(14)9(13)4-7/h3-5H,15H2,1-2H3. The molecule has 2 N–H and O–H groups in total. The van der Waals surface area contributed by atoms with E-state index in [1.807, 2.05) is 13.8 Å². The van der Waals surface area contributed by atoms with Gasteiger partial charge in [-0.15, -0.1) is 5.10 Å². The minimum absolute atomic E-state index is 0.0604. The van der Waals surface area contributed by atoms with E-state index in [1.165, 1.54) is 16.8 Å². The maximum Gasteiger partial charge on any atom is 0.160 e. The highest BCUT2D eigenvalue weighted by atomic mass is 35.5. The van der Waals surface area contributed by atoms with Crippen LogP contribution in [0.25, 0.3) is 5.69 Å². The molecule has 0 spiro atoms. The molecule has 0 fully saturated rings. The van der Waals surface area contributed by atoms with Gasteiger partial charge in [0.1, 0.15) is 5.69 Å². The predicted octanol–water partition coefficient (Wildman–Crippen LogP) is 3.04. The predicted molar refractivity (Wildman–Crippen MR) is 68.7 cm³/mol. The number of aromatic nitrogens is 3. The Morgan fingerprint density at radius 2 is 1.89 bits per heavy atom. The summed E-state index contributed by atoms with van der Waals surface area (Å²) in [4.78, 5) is 0. The second-order valence-corrected chi connectivity index (χ2v) is 4.80. The second-order valence-electron chi connectivity index (χ2n) is 3.98. The molecule has 0 aliphatic heterocycles. The van der Waals surface area contributed by atoms with Crippen LogP contribution in [0.3, 0.4) is 0 Å². The van der Waals surface area contributed by atoms with Crippen molar-refractivity contribution in [2.45, 2.75) is 19.9 Å². The number of hydrogen-bond donors (Lipinski definition) is 1. The molecule has 4 nitrogen and oxygen atoms in total. The molecule has 1 aromatic carbocycles. The van der Waals surface area contributed by atoms with Gasteiger partial charge in [0, 0.05) is 6.04 Å². The van der Waals surface area contributed by atoms with Gasteiger partial charge < -0.3 is 5.73 Å². The lowest BCUT2D eigenvalue weighted by Crippen LogP contribution is -2.08. The van der Waals surface area contributed by atoms with E-state index in [1.54, 1.807) is 0 Å². The van der Waals surface area contributed by atoms with Crippen LogP contribution < -0.4 is 5.73 Å². The first-order chi connectivity index (χ1) is 8.41. The highest BCUT2D eigenvalue weighted by molar-refractivity contribution is 6.35. The number of hydrogen-bond acceptors (Lipinski definition) is 3. The summed E-state index contributed by atoms with van der Waals surface area (Å²) >= 11 is 11.5. The van der Waals surface area contributed by atoms with E-state index in [2.05, 4.69) is 10.3 Å². The van der Waals surface area contributed by atoms with Crippen molar-refractivity contribution >= 4 is 23.2 Å². The van der Waals surface area contributed by atoms with E-state index in [9.17, 15) is 4.39 Å². The zero-order valence-corrected chi connectivity index (χ0v) is 11.3. The maximum atomic E-state index is 13.3. The molecule has 0 radical (unpaired) electrons. The first kappa shape index (κ1) is 13.3. The highest BCUT2D eigenvalue weighted by Gasteiger charge is 2.15. The van der Waals surface area contributed by atoms with Crippen LogP contribution in [0.1, 0.15) is 24.4 Å². The summed E-state index contributed by atoms with van der Waals surface area (Å²) in [5.74, 6) is -0.646. The molecule has 0 saturated heterocycles. The van der Waals surface area contributed by atoms with Crippen LogP contribution in [0, 0.1) is 12.7 Å². The van der Waals surface area contributed by atoms with E-state index >= 15 is 0 Å². The van der Waals surface area contributed by atoms with Gasteiger partial charge in [0.05, 0.1) is 21.4 Å². The van der Waals surface area contributed by atoms with Crippen molar-refractivity contribution in [1.82, 2.24) is 15.0 Å². The van der Waals surface area contributed by atoms with Crippen molar-refractivity contribution in [1.29, 1.82) is 0 Å². The van der Waals surface area contributed by atoms with E-state index in [0.29, 0.717) is 11.4 Å². The molecule has 1 atom stereocenters. The molecule has 2 rings (SSSR count). The molecule has 18 heavy (non-hydrogen) atoms. The van der Waals surface area contributed by atoms with Gasteiger partial charge in [-0.3, -0.25) is 0 Å². The average Bonchev–Trinajstić information content (AvgIpc) is 2.67. The van der Waals surface area contributed by atoms with Gasteiger partial charge in [-0.1, -0.05) is 28.4 Å². The molecule has 0 aliphatic carbocycles. The van der Waals surface area contributed by atoms with Crippen molar-refractivity contribution < 1.29 is 4.39 Å². The average molecular weight is 289 g/mol. The number of benzene rings is 1. The minimum Gasteiger partial charge on any atom is -0.323 e. The fourth-order valence-electron chi connectivity index (χ4n) is 1.67. The van der Waals surface area contributed by atoms with Crippen LogP contribution in [0.5, 0.6) is 0 Å². The number of rotatable bonds is 2. The molecule has 0 amide bonds. The molecule has 7 heteroatoms. The van der Waals surface area contributed by atoms with Crippen LogP contribution in [0.4, 0.5) is 4.39 Å². The summed E-state index contributed by atoms with van der Waals surface area (Å²) in [6.07, 6.45) is 0. The van der Waals surface area contributed by atoms with E-state index in [0.717, 1.165) is 5.69 Å². The van der Waals surface area contributed by atoms with Crippen molar-refractivity contribution in [3.05, 3.63) is 39.4 Å². The Bertz CT molecular complexity index is 572. The van der Waals surface area contributed by atoms with Crippen molar-refractivity contribution in [3.8, 4) is 5.69 Å². The molecule has 0 saturated carbocycles. The molecule has 0 aliphatic rings. The van der Waals surface area contributed by atoms with Gasteiger partial charge in [-0.2, -0.15) is 0 Å². The third-order valence-corrected chi connectivity index (χ3v) is 3.12. The molecular formula is C11H11Cl2FN4. The van der Waals surface area contributed by atoms with E-state index < -0.39 is 5.82 Å². The number of nitrogens with zero attached hydrogens (tertiary/aromatic N) is 3. The Balaban J connectivity index is 2.56. The first-order valence-electron chi connectivity index (χ1n) is 5.24. The molecular weight excluding hydrogens is 278 g/mol. The first-order valence-corrected chi connectivity index (χ1v) is 6.00. The van der Waals surface area contributed by atoms with Crippen LogP contribution >= 0.6 is 23.2 Å². The lowest BCUT2D eigenvalue weighted by Gasteiger charge is -2.07. The van der Waals surface area contributed by atoms with E-state index in [4.69, 9.17) is 28.9 Å². The van der Waals surface area contributed by atoms with Crippen LogP contribution in [-0.2, 0) is 0 Å². The Labute approximate surface area is 113 Å². The van der Waals surface area contributed by atoms with Gasteiger partial charge in [0.2, 0.25) is 0 Å². The van der Waals surface area contributed by atoms with Crippen molar-refractivity contribution in [2.24, 2.45) is 5.73 Å². The zero-order chi connectivity index (χ0) is 13.4. The maximum absolute atomic E-state index is 13.3. The summed E-state index contributed by atoms with van der Waals surface area (Å²) in [5.41, 5.74) is 7.75. The number of nitrogens with two attached hydrogens (primary N) is 1. The molecule has 1 aromatic heterocycles. The smallest absolute Gasteiger partial charge is 0.160 e. The third kappa shape index (κ3) is 2.21. The lowest BCUT2D eigenvalue weighted by atomic mass is 10.2. The summed E-state index contributed by atoms with van der Waals surface area (Å²) < 4.78 is 14.9. The summed E-state index contributed by atoms with van der Waals surface area (Å²) in [7, 11) is 0. The Morgan fingerprint density at radius 1 is 1.33 bits per heavy atom. The lowest BCUT2D eigenvalue weighted by molar-refractivity contribution is 0.627. The Morgan fingerprint density at radius 3 is 2.33 bits per heavy atom. The highest BCUT2D eigenvalue weighted by Crippen LogP contribution is 2.27. The molecule has 2 aromatic rings. The van der Waals surface area contributed by atoms with Gasteiger partial charge >= 0.3 is 0 Å². The van der Waals surface area contributed by atoms with Gasteiger partial charge in [-0.25, -0.2) is 9.07 Å². The fraction of sp³-hybridized carbons (Fsp3) is 0.273. The quantitative estimate of drug-likeness (QED) is 0.864. The minimum atomic E-state index is -0.646. The zero-order valence-electron chi connectivity index (χ0n) is 9.78. The summed E-state index contributed by atoms with van der Waals surface area (Å²) in [5, 5.41) is 7.83. The van der Waals surface area contributed by atoms with E-state index in [-0.39, 0.29) is 16.1 Å². The SMILES string of the molecule is Cc1c(C(C)N)nnn1-c1cc(Cl)c(F)c(Cl)c1. The summed E-state index contributed by atoms with van der Waals surface area (Å²) in [6.45, 7) is 3.63.